The fraction of sp³-hybridized carbons (Fsp3) is 0.400. The molecule has 0 heterocycles. The van der Waals surface area contributed by atoms with E-state index in [1.54, 1.807) is 0 Å². The Morgan fingerprint density at radius 3 is 2.20 bits per heavy atom. The van der Waals surface area contributed by atoms with Crippen molar-refractivity contribution in [2.75, 3.05) is 0 Å². The zero-order valence-corrected chi connectivity index (χ0v) is 16.3. The first-order valence-corrected chi connectivity index (χ1v) is 10.3. The molecule has 0 radical (unpaired) electrons. The summed E-state index contributed by atoms with van der Waals surface area (Å²) in [6.45, 7) is 9.26. The zero-order chi connectivity index (χ0) is 18.4. The first kappa shape index (κ1) is 19.6. The molecule has 0 saturated heterocycles. The Kier molecular flexibility index (Phi) is 6.76. The molecule has 0 atom stereocenters. The Morgan fingerprint density at radius 1 is 0.920 bits per heavy atom. The number of nitrogens with one attached hydrogen (secondary N) is 2. The maximum atomic E-state index is 12.2. The highest BCUT2D eigenvalue weighted by Crippen LogP contribution is 2.14. The van der Waals surface area contributed by atoms with Crippen molar-refractivity contribution in [1.29, 1.82) is 0 Å². The predicted molar refractivity (Wildman–Crippen MR) is 104 cm³/mol. The quantitative estimate of drug-likeness (QED) is 0.758. The van der Waals surface area contributed by atoms with Gasteiger partial charge in [0.15, 0.2) is 0 Å². The third-order valence-electron chi connectivity index (χ3n) is 4.01. The minimum Gasteiger partial charge on any atom is -0.309 e. The molecule has 136 valence electrons. The number of rotatable bonds is 8. The van der Waals surface area contributed by atoms with Crippen LogP contribution in [0, 0.1) is 13.8 Å². The lowest BCUT2D eigenvalue weighted by molar-refractivity contribution is 0.568. The Morgan fingerprint density at radius 2 is 1.56 bits per heavy atom. The summed E-state index contributed by atoms with van der Waals surface area (Å²) < 4.78 is 27.0. The molecule has 0 aromatic heterocycles. The minimum atomic E-state index is -3.32. The topological polar surface area (TPSA) is 58.2 Å². The first-order chi connectivity index (χ1) is 11.8. The Balaban J connectivity index is 2.03. The van der Waals surface area contributed by atoms with E-state index in [4.69, 9.17) is 0 Å². The third kappa shape index (κ3) is 6.27. The molecule has 5 heteroatoms. The summed E-state index contributed by atoms with van der Waals surface area (Å²) in [5.41, 5.74) is 5.64. The second kappa shape index (κ2) is 8.61. The van der Waals surface area contributed by atoms with Crippen LogP contribution in [-0.4, -0.2) is 14.5 Å². The van der Waals surface area contributed by atoms with Crippen molar-refractivity contribution in [2.45, 2.75) is 52.6 Å². The molecule has 0 aliphatic carbocycles. The maximum absolute atomic E-state index is 12.2. The van der Waals surface area contributed by atoms with E-state index in [0.717, 1.165) is 17.7 Å². The maximum Gasteiger partial charge on any atom is 0.216 e. The van der Waals surface area contributed by atoms with E-state index in [0.29, 0.717) is 6.54 Å². The summed E-state index contributed by atoms with van der Waals surface area (Å²) in [6.07, 6.45) is 0. The van der Waals surface area contributed by atoms with Gasteiger partial charge in [0.25, 0.3) is 0 Å². The molecule has 0 unspecified atom stereocenters. The van der Waals surface area contributed by atoms with Gasteiger partial charge in [0.05, 0.1) is 5.75 Å². The van der Waals surface area contributed by atoms with Crippen molar-refractivity contribution in [1.82, 2.24) is 10.0 Å². The van der Waals surface area contributed by atoms with Crippen molar-refractivity contribution < 1.29 is 8.42 Å². The van der Waals surface area contributed by atoms with Gasteiger partial charge in [-0.2, -0.15) is 0 Å². The van der Waals surface area contributed by atoms with Crippen molar-refractivity contribution in [3.8, 4) is 0 Å². The summed E-state index contributed by atoms with van der Waals surface area (Å²) in [5, 5.41) is 3.43. The highest BCUT2D eigenvalue weighted by molar-refractivity contribution is 7.88. The van der Waals surface area contributed by atoms with Gasteiger partial charge in [-0.05, 0) is 49.9 Å². The molecule has 0 spiro atoms. The monoisotopic (exact) mass is 360 g/mol. The van der Waals surface area contributed by atoms with Gasteiger partial charge in [-0.3, -0.25) is 0 Å². The normalized spacial score (nSPS) is 11.9. The van der Waals surface area contributed by atoms with Crippen LogP contribution in [0.15, 0.2) is 42.5 Å². The van der Waals surface area contributed by atoms with Crippen LogP contribution in [0.2, 0.25) is 0 Å². The standard InChI is InChI=1S/C20H28N2O2S/c1-15(2)22-25(23,24)14-20-8-6-5-7-19(20)13-21-12-18-10-9-16(3)11-17(18)4/h5-11,15,21-22H,12-14H2,1-4H3. The van der Waals surface area contributed by atoms with E-state index >= 15 is 0 Å². The Bertz CT molecular complexity index is 814. The number of hydrogen-bond donors (Lipinski definition) is 2. The van der Waals surface area contributed by atoms with Gasteiger partial charge in [-0.25, -0.2) is 13.1 Å². The van der Waals surface area contributed by atoms with E-state index in [1.807, 2.05) is 38.1 Å². The van der Waals surface area contributed by atoms with E-state index in [1.165, 1.54) is 16.7 Å². The summed E-state index contributed by atoms with van der Waals surface area (Å²) >= 11 is 0. The smallest absolute Gasteiger partial charge is 0.216 e. The zero-order valence-electron chi connectivity index (χ0n) is 15.5. The predicted octanol–water partition coefficient (Wildman–Crippen LogP) is 3.42. The van der Waals surface area contributed by atoms with E-state index in [-0.39, 0.29) is 11.8 Å². The van der Waals surface area contributed by atoms with Crippen molar-refractivity contribution in [2.24, 2.45) is 0 Å². The van der Waals surface area contributed by atoms with Crippen LogP contribution in [0.3, 0.4) is 0 Å². The molecule has 0 fully saturated rings. The van der Waals surface area contributed by atoms with Gasteiger partial charge < -0.3 is 5.32 Å². The molecule has 0 aliphatic heterocycles. The second-order valence-corrected chi connectivity index (χ2v) is 8.59. The molecule has 0 aliphatic rings. The average Bonchev–Trinajstić information content (AvgIpc) is 2.49. The lowest BCUT2D eigenvalue weighted by atomic mass is 10.1. The van der Waals surface area contributed by atoms with Crippen LogP contribution < -0.4 is 10.0 Å². The van der Waals surface area contributed by atoms with Crippen molar-refractivity contribution in [3.63, 3.8) is 0 Å². The Labute approximate surface area is 151 Å². The van der Waals surface area contributed by atoms with Crippen LogP contribution in [-0.2, 0) is 28.9 Å². The first-order valence-electron chi connectivity index (χ1n) is 8.60. The number of sulfonamides is 1. The fourth-order valence-corrected chi connectivity index (χ4v) is 4.34. The summed E-state index contributed by atoms with van der Waals surface area (Å²) in [4.78, 5) is 0. The highest BCUT2D eigenvalue weighted by Gasteiger charge is 2.15. The van der Waals surface area contributed by atoms with E-state index in [2.05, 4.69) is 42.1 Å². The van der Waals surface area contributed by atoms with Crippen molar-refractivity contribution in [3.05, 3.63) is 70.3 Å². The van der Waals surface area contributed by atoms with Gasteiger partial charge in [0.1, 0.15) is 0 Å². The SMILES string of the molecule is Cc1ccc(CNCc2ccccc2CS(=O)(=O)NC(C)C)c(C)c1. The summed E-state index contributed by atoms with van der Waals surface area (Å²) in [6, 6.07) is 14.0. The Hall–Kier alpha value is -1.69. The molecule has 2 N–H and O–H groups in total. The van der Waals surface area contributed by atoms with Gasteiger partial charge in [-0.15, -0.1) is 0 Å². The number of aryl methyl sites for hydroxylation is 2. The molecule has 2 rings (SSSR count). The molecule has 4 nitrogen and oxygen atoms in total. The van der Waals surface area contributed by atoms with Gasteiger partial charge >= 0.3 is 0 Å². The van der Waals surface area contributed by atoms with Crippen LogP contribution in [0.25, 0.3) is 0 Å². The lowest BCUT2D eigenvalue weighted by Crippen LogP contribution is -2.31. The molecule has 2 aromatic carbocycles. The minimum absolute atomic E-state index is 0.00654. The lowest BCUT2D eigenvalue weighted by Gasteiger charge is -2.14. The highest BCUT2D eigenvalue weighted by atomic mass is 32.2. The average molecular weight is 361 g/mol. The molecular weight excluding hydrogens is 332 g/mol. The van der Waals surface area contributed by atoms with Gasteiger partial charge in [-0.1, -0.05) is 48.0 Å². The number of benzene rings is 2. The second-order valence-electron chi connectivity index (χ2n) is 6.83. The van der Waals surface area contributed by atoms with E-state index < -0.39 is 10.0 Å². The van der Waals surface area contributed by atoms with Gasteiger partial charge in [0, 0.05) is 19.1 Å². The number of hydrogen-bond acceptors (Lipinski definition) is 3. The largest absolute Gasteiger partial charge is 0.309 e. The van der Waals surface area contributed by atoms with Gasteiger partial charge in [0.2, 0.25) is 10.0 Å². The molecule has 25 heavy (non-hydrogen) atoms. The third-order valence-corrected chi connectivity index (χ3v) is 5.53. The molecule has 0 bridgehead atoms. The molecule has 2 aromatic rings. The van der Waals surface area contributed by atoms with Crippen LogP contribution in [0.4, 0.5) is 0 Å². The van der Waals surface area contributed by atoms with Crippen molar-refractivity contribution >= 4 is 10.0 Å². The summed E-state index contributed by atoms with van der Waals surface area (Å²) in [7, 11) is -3.32. The molecule has 0 amide bonds. The fourth-order valence-electron chi connectivity index (χ4n) is 2.85. The molecular formula is C20H28N2O2S. The van der Waals surface area contributed by atoms with Crippen LogP contribution >= 0.6 is 0 Å². The van der Waals surface area contributed by atoms with Crippen LogP contribution in [0.5, 0.6) is 0 Å². The van der Waals surface area contributed by atoms with Crippen LogP contribution in [0.1, 0.15) is 41.7 Å². The van der Waals surface area contributed by atoms with E-state index in [9.17, 15) is 8.42 Å². The summed E-state index contributed by atoms with van der Waals surface area (Å²) in [5.74, 6) is 0.00654. The molecule has 0 saturated carbocycles.